The molecule has 1 aromatic heterocycles. The first-order valence-electron chi connectivity index (χ1n) is 24.4. The summed E-state index contributed by atoms with van der Waals surface area (Å²) < 4.78 is 0. The minimum atomic E-state index is -0.155. The van der Waals surface area contributed by atoms with Crippen molar-refractivity contribution in [1.29, 1.82) is 0 Å². The number of Topliss-reactive ketones (excluding diaryl/α,β-unsaturated/α-hetero) is 1. The molecule has 2 aliphatic rings. The molecule has 1 aliphatic heterocycles. The number of hydrogen-bond donors (Lipinski definition) is 2. The number of allylic oxidation sites excluding steroid dienone is 3. The van der Waals surface area contributed by atoms with Gasteiger partial charge in [-0.25, -0.2) is 9.98 Å². The zero-order valence-electron chi connectivity index (χ0n) is 37.2. The minimum absolute atomic E-state index is 0.0325. The average Bonchev–Trinajstić information content (AvgIpc) is 3.67. The first-order valence-corrected chi connectivity index (χ1v) is 25.2. The maximum absolute atomic E-state index is 13.2. The summed E-state index contributed by atoms with van der Waals surface area (Å²) in [6, 6.07) is 0. The molecule has 0 unspecified atom stereocenters. The number of anilines is 1. The van der Waals surface area contributed by atoms with Gasteiger partial charge < -0.3 is 10.0 Å². The van der Waals surface area contributed by atoms with Crippen molar-refractivity contribution in [2.24, 2.45) is 0 Å². The van der Waals surface area contributed by atoms with E-state index in [4.69, 9.17) is 4.98 Å². The van der Waals surface area contributed by atoms with E-state index in [2.05, 4.69) is 28.7 Å². The van der Waals surface area contributed by atoms with E-state index in [9.17, 15) is 9.90 Å². The van der Waals surface area contributed by atoms with Crippen molar-refractivity contribution in [3.8, 4) is 0 Å². The van der Waals surface area contributed by atoms with E-state index >= 15 is 0 Å². The van der Waals surface area contributed by atoms with Gasteiger partial charge in [0.25, 0.3) is 0 Å². The van der Waals surface area contributed by atoms with E-state index in [1.54, 1.807) is 6.20 Å². The molecule has 6 nitrogen and oxygen atoms in total. The highest BCUT2D eigenvalue weighted by atomic mass is 32.2. The summed E-state index contributed by atoms with van der Waals surface area (Å²) >= 11 is 1.49. The van der Waals surface area contributed by atoms with Crippen molar-refractivity contribution < 1.29 is 14.9 Å². The highest BCUT2D eigenvalue weighted by molar-refractivity contribution is 8.18. The number of nitrogens with zero attached hydrogens (tertiary/aromatic N) is 3. The molecule has 0 fully saturated rings. The number of carbonyl (C=O) groups excluding carboxylic acids is 1. The molecule has 322 valence electrons. The van der Waals surface area contributed by atoms with Crippen molar-refractivity contribution in [2.45, 2.75) is 226 Å². The van der Waals surface area contributed by atoms with E-state index in [0.717, 1.165) is 35.4 Å². The van der Waals surface area contributed by atoms with Crippen LogP contribution in [0.25, 0.3) is 5.57 Å². The largest absolute Gasteiger partial charge is 0.506 e. The number of aliphatic hydroxyl groups is 1. The number of nitrogens with one attached hydrogen (secondary N) is 1. The Kier molecular flexibility index (Phi) is 27.9. The molecular formula is C50H85N4O2S+. The van der Waals surface area contributed by atoms with Crippen LogP contribution in [-0.2, 0) is 4.79 Å². The van der Waals surface area contributed by atoms with E-state index in [0.29, 0.717) is 11.3 Å². The lowest BCUT2D eigenvalue weighted by Gasteiger charge is -2.25. The first kappa shape index (κ1) is 49.0. The highest BCUT2D eigenvalue weighted by Crippen LogP contribution is 2.42. The van der Waals surface area contributed by atoms with Gasteiger partial charge in [0.1, 0.15) is 18.1 Å². The first-order chi connectivity index (χ1) is 28.1. The quantitative estimate of drug-likeness (QED) is 0.0515. The summed E-state index contributed by atoms with van der Waals surface area (Å²) in [5, 5.41) is 11.9. The van der Waals surface area contributed by atoms with Gasteiger partial charge in [0.2, 0.25) is 10.8 Å². The van der Waals surface area contributed by atoms with E-state index in [1.807, 2.05) is 25.3 Å². The monoisotopic (exact) mass is 806 g/mol. The number of aliphatic hydroxyl groups excluding tert-OH is 1. The lowest BCUT2D eigenvalue weighted by molar-refractivity contribution is -0.448. The second kappa shape index (κ2) is 32.4. The molecule has 0 saturated carbocycles. The van der Waals surface area contributed by atoms with Crippen LogP contribution >= 0.6 is 11.8 Å². The molecule has 0 spiro atoms. The Bertz CT molecular complexity index is 1300. The summed E-state index contributed by atoms with van der Waals surface area (Å²) in [6.45, 7) is 9.42. The van der Waals surface area contributed by atoms with Gasteiger partial charge >= 0.3 is 0 Å². The Morgan fingerprint density at radius 2 is 0.930 bits per heavy atom. The van der Waals surface area contributed by atoms with E-state index in [-0.39, 0.29) is 17.1 Å². The topological polar surface area (TPSA) is 80.3 Å². The smallest absolute Gasteiger partial charge is 0.237 e. The Morgan fingerprint density at radius 3 is 1.28 bits per heavy atom. The summed E-state index contributed by atoms with van der Waals surface area (Å²) in [5.74, 6) is 0.757. The summed E-state index contributed by atoms with van der Waals surface area (Å²) in [6.07, 6.45) is 51.4. The molecule has 57 heavy (non-hydrogen) atoms. The number of aromatic nitrogens is 2. The van der Waals surface area contributed by atoms with Crippen molar-refractivity contribution >= 4 is 34.0 Å². The zero-order valence-corrected chi connectivity index (χ0v) is 38.0. The summed E-state index contributed by atoms with van der Waals surface area (Å²) in [4.78, 5) is 29.1. The van der Waals surface area contributed by atoms with Gasteiger partial charge in [0.05, 0.1) is 29.2 Å². The molecule has 7 heteroatoms. The van der Waals surface area contributed by atoms with Gasteiger partial charge in [-0.05, 0) is 37.6 Å². The van der Waals surface area contributed by atoms with Crippen LogP contribution in [0.1, 0.15) is 232 Å². The fraction of sp³-hybridized carbons (Fsp3) is 0.760. The van der Waals surface area contributed by atoms with Gasteiger partial charge in [-0.1, -0.05) is 206 Å². The molecule has 2 heterocycles. The maximum atomic E-state index is 13.2. The number of hydrogen-bond acceptors (Lipinski definition) is 6. The number of ketones is 1. The van der Waals surface area contributed by atoms with Crippen molar-refractivity contribution in [1.82, 2.24) is 9.97 Å². The fourth-order valence-electron chi connectivity index (χ4n) is 8.27. The van der Waals surface area contributed by atoms with E-state index < -0.39 is 0 Å². The zero-order chi connectivity index (χ0) is 40.6. The van der Waals surface area contributed by atoms with Crippen LogP contribution in [0.5, 0.6) is 0 Å². The van der Waals surface area contributed by atoms with Gasteiger partial charge in [0.15, 0.2) is 0 Å². The molecule has 2 N–H and O–H groups in total. The number of thioether (sulfide) groups is 1. The average molecular weight is 806 g/mol. The van der Waals surface area contributed by atoms with Crippen molar-refractivity contribution in [3.05, 3.63) is 46.5 Å². The summed E-state index contributed by atoms with van der Waals surface area (Å²) in [7, 11) is 0. The van der Waals surface area contributed by atoms with Crippen molar-refractivity contribution in [2.75, 3.05) is 24.5 Å². The van der Waals surface area contributed by atoms with E-state index in [1.165, 1.54) is 217 Å². The predicted molar refractivity (Wildman–Crippen MR) is 248 cm³/mol. The van der Waals surface area contributed by atoms with Crippen LogP contribution in [0.3, 0.4) is 0 Å². The molecule has 0 atom stereocenters. The molecular weight excluding hydrogens is 721 g/mol. The lowest BCUT2D eigenvalue weighted by Crippen LogP contribution is -2.70. The molecule has 3 rings (SSSR count). The molecule has 1 aromatic rings. The van der Waals surface area contributed by atoms with Crippen molar-refractivity contribution in [3.63, 3.8) is 0 Å². The molecule has 0 radical (unpaired) electrons. The molecule has 0 saturated heterocycles. The van der Waals surface area contributed by atoms with Gasteiger partial charge in [-0.2, -0.15) is 0 Å². The predicted octanol–water partition coefficient (Wildman–Crippen LogP) is 13.7. The number of rotatable bonds is 37. The maximum Gasteiger partial charge on any atom is 0.237 e. The third-order valence-electron chi connectivity index (χ3n) is 11.9. The van der Waals surface area contributed by atoms with Crippen LogP contribution in [0.2, 0.25) is 0 Å². The number of carbonyl (C=O) groups is 1. The van der Waals surface area contributed by atoms with Crippen LogP contribution in [-0.4, -0.2) is 45.5 Å². The second-order valence-corrected chi connectivity index (χ2v) is 18.1. The Hall–Kier alpha value is -2.41. The molecule has 1 aliphatic carbocycles. The standard InChI is InChI=1S/C50H84N4O2S/c1-4-7-9-11-13-15-17-19-21-23-25-27-29-31-33-35-39-54(40-36-34-32-30-28-26-24-22-20-18-16-14-12-10-8-5-2)45-42-52-43(41-53-45)47-49(55)48(50(47)56)44-37-38-46(57-44)51-6-3/h37-38,41-42,55H,4-36,39-40H2,1-3H3/p+1. The Morgan fingerprint density at radius 1 is 0.526 bits per heavy atom. The molecule has 0 aromatic carbocycles. The SMILES string of the molecule is CCCCCCCCCCCCCCCCCCN(CCCCCCCCCCCCCCCCCC)c1cnc(C2=C(O)C(=C3C=CC(=[NH+]CC)S3)C2=O)cn1. The lowest BCUT2D eigenvalue weighted by atomic mass is 9.85. The van der Waals surface area contributed by atoms with Crippen LogP contribution < -0.4 is 9.89 Å². The third kappa shape index (κ3) is 20.4. The molecule has 0 bridgehead atoms. The van der Waals surface area contributed by atoms with Crippen LogP contribution in [0.15, 0.2) is 40.8 Å². The van der Waals surface area contributed by atoms with Crippen LogP contribution in [0.4, 0.5) is 5.82 Å². The Balaban J connectivity index is 1.37. The fourth-order valence-corrected chi connectivity index (χ4v) is 9.28. The van der Waals surface area contributed by atoms with Gasteiger partial charge in [0, 0.05) is 24.1 Å². The highest BCUT2D eigenvalue weighted by Gasteiger charge is 2.39. The second-order valence-electron chi connectivity index (χ2n) is 17.0. The summed E-state index contributed by atoms with van der Waals surface area (Å²) in [5.41, 5.74) is 1.13. The molecule has 0 amide bonds. The third-order valence-corrected chi connectivity index (χ3v) is 13.0. The van der Waals surface area contributed by atoms with Gasteiger partial charge in [-0.3, -0.25) is 9.78 Å². The number of unbranched alkanes of at least 4 members (excludes halogenated alkanes) is 30. The van der Waals surface area contributed by atoms with Crippen LogP contribution in [0, 0.1) is 0 Å². The normalized spacial score (nSPS) is 16.1. The Labute approximate surface area is 354 Å². The van der Waals surface area contributed by atoms with Gasteiger partial charge in [-0.15, -0.1) is 0 Å². The minimum Gasteiger partial charge on any atom is -0.506 e.